The summed E-state index contributed by atoms with van der Waals surface area (Å²) >= 11 is 2.72. The maximum atomic E-state index is 12.6. The zero-order chi connectivity index (χ0) is 18.6. The van der Waals surface area contributed by atoms with Crippen molar-refractivity contribution in [1.29, 1.82) is 0 Å². The molecule has 144 valence electrons. The maximum Gasteiger partial charge on any atom is 0.267 e. The smallest absolute Gasteiger partial charge is 0.267 e. The molecule has 2 aromatic rings. The number of aromatic nitrogens is 1. The monoisotopic (exact) mass is 407 g/mol. The molecule has 2 aromatic heterocycles. The van der Waals surface area contributed by atoms with Gasteiger partial charge < -0.3 is 14.4 Å². The largest absolute Gasteiger partial charge is 0.350 e. The van der Waals surface area contributed by atoms with Crippen molar-refractivity contribution in [2.75, 3.05) is 31.6 Å². The van der Waals surface area contributed by atoms with Gasteiger partial charge in [-0.2, -0.15) is 0 Å². The van der Waals surface area contributed by atoms with E-state index in [0.29, 0.717) is 34.8 Å². The fourth-order valence-corrected chi connectivity index (χ4v) is 4.67. The number of amides is 2. The van der Waals surface area contributed by atoms with Crippen molar-refractivity contribution in [1.82, 2.24) is 9.88 Å². The first-order chi connectivity index (χ1) is 13.2. The molecule has 27 heavy (non-hydrogen) atoms. The lowest BCUT2D eigenvalue weighted by Crippen LogP contribution is -2.42. The Morgan fingerprint density at radius 2 is 2.00 bits per heavy atom. The average Bonchev–Trinajstić information content (AvgIpc) is 3.44. The van der Waals surface area contributed by atoms with Gasteiger partial charge in [0.05, 0.1) is 30.2 Å². The fraction of sp³-hybridized carbons (Fsp3) is 0.500. The normalized spacial score (nSPS) is 18.7. The summed E-state index contributed by atoms with van der Waals surface area (Å²) < 4.78 is 11.2. The van der Waals surface area contributed by atoms with Gasteiger partial charge in [0, 0.05) is 24.4 Å². The van der Waals surface area contributed by atoms with Crippen molar-refractivity contribution in [3.63, 3.8) is 0 Å². The van der Waals surface area contributed by atoms with E-state index in [1.165, 1.54) is 22.7 Å². The minimum absolute atomic E-state index is 0.0724. The van der Waals surface area contributed by atoms with Crippen LogP contribution in [-0.2, 0) is 20.7 Å². The fourth-order valence-electron chi connectivity index (χ4n) is 3.35. The lowest BCUT2D eigenvalue weighted by atomic mass is 9.96. The third-order valence-electron chi connectivity index (χ3n) is 4.77. The van der Waals surface area contributed by atoms with E-state index in [4.69, 9.17) is 9.47 Å². The third kappa shape index (κ3) is 4.55. The molecule has 4 heterocycles. The molecule has 0 saturated carbocycles. The van der Waals surface area contributed by atoms with E-state index in [1.807, 2.05) is 21.7 Å². The summed E-state index contributed by atoms with van der Waals surface area (Å²) in [6, 6.07) is 3.60. The molecule has 0 aromatic carbocycles. The second-order valence-electron chi connectivity index (χ2n) is 6.58. The molecule has 2 aliphatic heterocycles. The second kappa shape index (κ2) is 8.47. The summed E-state index contributed by atoms with van der Waals surface area (Å²) in [5, 5.41) is 6.98. The van der Waals surface area contributed by atoms with Crippen molar-refractivity contribution in [3.8, 4) is 0 Å². The number of nitrogens with zero attached hydrogens (tertiary/aromatic N) is 2. The van der Waals surface area contributed by atoms with Gasteiger partial charge in [-0.15, -0.1) is 22.7 Å². The van der Waals surface area contributed by atoms with Gasteiger partial charge in [-0.05, 0) is 24.3 Å². The molecule has 2 fully saturated rings. The van der Waals surface area contributed by atoms with E-state index in [-0.39, 0.29) is 24.5 Å². The Labute approximate surface area is 165 Å². The predicted molar refractivity (Wildman–Crippen MR) is 103 cm³/mol. The molecule has 1 N–H and O–H groups in total. The van der Waals surface area contributed by atoms with Gasteiger partial charge in [-0.1, -0.05) is 6.07 Å². The summed E-state index contributed by atoms with van der Waals surface area (Å²) in [4.78, 5) is 31.5. The highest BCUT2D eigenvalue weighted by Crippen LogP contribution is 2.26. The Bertz CT molecular complexity index is 778. The van der Waals surface area contributed by atoms with Crippen LogP contribution in [0.3, 0.4) is 0 Å². The first-order valence-corrected chi connectivity index (χ1v) is 10.8. The lowest BCUT2D eigenvalue weighted by Gasteiger charge is -2.33. The van der Waals surface area contributed by atoms with Gasteiger partial charge in [0.25, 0.3) is 5.91 Å². The molecule has 0 bridgehead atoms. The SMILES string of the molecule is O=C(Nc1nc(CC(=O)N2CCC(C3OCCO3)CC2)cs1)c1cccs1. The highest BCUT2D eigenvalue weighted by molar-refractivity contribution is 7.14. The molecule has 2 saturated heterocycles. The summed E-state index contributed by atoms with van der Waals surface area (Å²) in [5.74, 6) is 0.272. The quantitative estimate of drug-likeness (QED) is 0.824. The summed E-state index contributed by atoms with van der Waals surface area (Å²) in [6.45, 7) is 2.77. The number of anilines is 1. The van der Waals surface area contributed by atoms with E-state index in [2.05, 4.69) is 10.3 Å². The molecule has 4 rings (SSSR count). The van der Waals surface area contributed by atoms with Crippen molar-refractivity contribution >= 4 is 39.6 Å². The van der Waals surface area contributed by atoms with Gasteiger partial charge in [0.15, 0.2) is 11.4 Å². The van der Waals surface area contributed by atoms with Crippen LogP contribution in [0.4, 0.5) is 5.13 Å². The first kappa shape index (κ1) is 18.5. The number of ether oxygens (including phenoxy) is 2. The van der Waals surface area contributed by atoms with Crippen molar-refractivity contribution in [3.05, 3.63) is 33.5 Å². The molecule has 2 amide bonds. The molecule has 0 spiro atoms. The van der Waals surface area contributed by atoms with Crippen LogP contribution in [-0.4, -0.2) is 54.3 Å². The van der Waals surface area contributed by atoms with Crippen LogP contribution in [0.15, 0.2) is 22.9 Å². The standard InChI is InChI=1S/C18H21N3O4S2/c22-15(21-5-3-12(4-6-21)17-24-7-8-25-17)10-13-11-27-18(19-13)20-16(23)14-2-1-9-26-14/h1-2,9,11-12,17H,3-8,10H2,(H,19,20,23). The first-order valence-electron chi connectivity index (χ1n) is 8.99. The van der Waals surface area contributed by atoms with Crippen molar-refractivity contribution < 1.29 is 19.1 Å². The molecule has 0 unspecified atom stereocenters. The number of thiazole rings is 1. The van der Waals surface area contributed by atoms with Crippen LogP contribution in [0.2, 0.25) is 0 Å². The third-order valence-corrected chi connectivity index (χ3v) is 6.45. The van der Waals surface area contributed by atoms with Crippen molar-refractivity contribution in [2.45, 2.75) is 25.6 Å². The van der Waals surface area contributed by atoms with E-state index in [1.54, 1.807) is 6.07 Å². The summed E-state index contributed by atoms with van der Waals surface area (Å²) in [5.41, 5.74) is 0.691. The number of likely N-dealkylation sites (tertiary alicyclic amines) is 1. The predicted octanol–water partition coefficient (Wildman–Crippen LogP) is 2.61. The van der Waals surface area contributed by atoms with Gasteiger partial charge in [0.2, 0.25) is 5.91 Å². The molecule has 9 heteroatoms. The zero-order valence-electron chi connectivity index (χ0n) is 14.8. The van der Waals surface area contributed by atoms with Crippen LogP contribution < -0.4 is 5.32 Å². The summed E-state index contributed by atoms with van der Waals surface area (Å²) in [6.07, 6.45) is 1.95. The number of carbonyl (C=O) groups excluding carboxylic acids is 2. The molecular weight excluding hydrogens is 386 g/mol. The highest BCUT2D eigenvalue weighted by Gasteiger charge is 2.31. The highest BCUT2D eigenvalue weighted by atomic mass is 32.1. The van der Waals surface area contributed by atoms with E-state index < -0.39 is 0 Å². The number of thiophene rings is 1. The molecule has 0 atom stereocenters. The number of hydrogen-bond donors (Lipinski definition) is 1. The Morgan fingerprint density at radius 3 is 2.70 bits per heavy atom. The Hall–Kier alpha value is -1.81. The Morgan fingerprint density at radius 1 is 1.22 bits per heavy atom. The number of hydrogen-bond acceptors (Lipinski definition) is 7. The molecule has 7 nitrogen and oxygen atoms in total. The number of piperidine rings is 1. The van der Waals surface area contributed by atoms with E-state index >= 15 is 0 Å². The molecule has 0 radical (unpaired) electrons. The average molecular weight is 408 g/mol. The van der Waals surface area contributed by atoms with Crippen LogP contribution in [0, 0.1) is 5.92 Å². The molecular formula is C18H21N3O4S2. The zero-order valence-corrected chi connectivity index (χ0v) is 16.4. The molecule has 2 aliphatic rings. The van der Waals surface area contributed by atoms with Gasteiger partial charge in [-0.25, -0.2) is 4.98 Å². The lowest BCUT2D eigenvalue weighted by molar-refractivity contribution is -0.136. The second-order valence-corrected chi connectivity index (χ2v) is 8.39. The van der Waals surface area contributed by atoms with Crippen molar-refractivity contribution in [2.24, 2.45) is 5.92 Å². The van der Waals surface area contributed by atoms with Gasteiger partial charge in [0.1, 0.15) is 0 Å². The van der Waals surface area contributed by atoms with Crippen LogP contribution in [0.25, 0.3) is 0 Å². The van der Waals surface area contributed by atoms with E-state index in [9.17, 15) is 9.59 Å². The van der Waals surface area contributed by atoms with Gasteiger partial charge in [-0.3, -0.25) is 14.9 Å². The van der Waals surface area contributed by atoms with Crippen LogP contribution in [0.5, 0.6) is 0 Å². The Kier molecular flexibility index (Phi) is 5.82. The maximum absolute atomic E-state index is 12.6. The number of carbonyl (C=O) groups is 2. The minimum Gasteiger partial charge on any atom is -0.350 e. The number of nitrogens with one attached hydrogen (secondary N) is 1. The van der Waals surface area contributed by atoms with E-state index in [0.717, 1.165) is 25.9 Å². The number of rotatable bonds is 5. The van der Waals surface area contributed by atoms with Gasteiger partial charge >= 0.3 is 0 Å². The van der Waals surface area contributed by atoms with Crippen LogP contribution in [0.1, 0.15) is 28.2 Å². The van der Waals surface area contributed by atoms with Crippen LogP contribution >= 0.6 is 22.7 Å². The minimum atomic E-state index is -0.171. The molecule has 0 aliphatic carbocycles. The topological polar surface area (TPSA) is 80.8 Å². The summed E-state index contributed by atoms with van der Waals surface area (Å²) in [7, 11) is 0. The Balaban J connectivity index is 1.26.